The minimum atomic E-state index is 0. The Bertz CT molecular complexity index is 238. The molecule has 0 aliphatic rings. The highest BCUT2D eigenvalue weighted by molar-refractivity contribution is 6.32. The number of methoxy groups -OCH3 is 1. The average Bonchev–Trinajstić information content (AvgIpc) is 1.88. The minimum Gasteiger partial charge on any atom is -0.495 e. The summed E-state index contributed by atoms with van der Waals surface area (Å²) in [6, 6.07) is 5.70. The van der Waals surface area contributed by atoms with Gasteiger partial charge < -0.3 is 10.9 Å². The van der Waals surface area contributed by atoms with E-state index in [1.54, 1.807) is 7.11 Å². The van der Waals surface area contributed by atoms with E-state index in [4.69, 9.17) is 16.3 Å². The Morgan fingerprint density at radius 2 is 2.00 bits per heavy atom. The third-order valence-corrected chi connectivity index (χ3v) is 1.60. The Morgan fingerprint density at radius 3 is 2.45 bits per heavy atom. The fourth-order valence-electron chi connectivity index (χ4n) is 0.771. The highest BCUT2D eigenvalue weighted by Crippen LogP contribution is 2.24. The van der Waals surface area contributed by atoms with Gasteiger partial charge in [-0.2, -0.15) is 0 Å². The Hall–Kier alpha value is -0.730. The number of halogens is 1. The molecule has 0 saturated carbocycles. The molecule has 2 nitrogen and oxygen atoms in total. The predicted molar refractivity (Wildman–Crippen MR) is 47.8 cm³/mol. The van der Waals surface area contributed by atoms with Gasteiger partial charge in [-0.05, 0) is 24.6 Å². The molecule has 1 rings (SSSR count). The summed E-state index contributed by atoms with van der Waals surface area (Å²) in [6.45, 7) is 1.99. The molecule has 0 aromatic heterocycles. The van der Waals surface area contributed by atoms with Crippen molar-refractivity contribution in [1.82, 2.24) is 6.15 Å². The maximum atomic E-state index is 5.80. The van der Waals surface area contributed by atoms with Crippen LogP contribution in [-0.2, 0) is 0 Å². The van der Waals surface area contributed by atoms with E-state index in [0.29, 0.717) is 5.02 Å². The van der Waals surface area contributed by atoms with E-state index in [9.17, 15) is 0 Å². The quantitative estimate of drug-likeness (QED) is 0.710. The number of hydrogen-bond donors (Lipinski definition) is 1. The summed E-state index contributed by atoms with van der Waals surface area (Å²) in [6.07, 6.45) is 0. The second-order valence-corrected chi connectivity index (χ2v) is 2.55. The molecule has 0 fully saturated rings. The van der Waals surface area contributed by atoms with E-state index < -0.39 is 0 Å². The van der Waals surface area contributed by atoms with E-state index in [0.717, 1.165) is 11.3 Å². The zero-order valence-corrected chi connectivity index (χ0v) is 7.48. The van der Waals surface area contributed by atoms with Gasteiger partial charge in [-0.15, -0.1) is 0 Å². The summed E-state index contributed by atoms with van der Waals surface area (Å²) >= 11 is 5.80. The van der Waals surface area contributed by atoms with Gasteiger partial charge in [0.25, 0.3) is 0 Å². The predicted octanol–water partition coefficient (Wildman–Crippen LogP) is 2.82. The van der Waals surface area contributed by atoms with Crippen molar-refractivity contribution < 1.29 is 4.74 Å². The van der Waals surface area contributed by atoms with Crippen LogP contribution >= 0.6 is 11.6 Å². The molecule has 1 aromatic carbocycles. The first-order valence-corrected chi connectivity index (χ1v) is 3.42. The van der Waals surface area contributed by atoms with Crippen LogP contribution in [0.1, 0.15) is 5.56 Å². The molecule has 0 aliphatic carbocycles. The van der Waals surface area contributed by atoms with Crippen molar-refractivity contribution in [1.29, 1.82) is 0 Å². The van der Waals surface area contributed by atoms with E-state index in [1.807, 2.05) is 25.1 Å². The molecule has 0 saturated heterocycles. The van der Waals surface area contributed by atoms with Crippen LogP contribution in [0.3, 0.4) is 0 Å². The van der Waals surface area contributed by atoms with Crippen LogP contribution in [0.2, 0.25) is 5.02 Å². The highest BCUT2D eigenvalue weighted by atomic mass is 35.5. The second-order valence-electron chi connectivity index (χ2n) is 2.14. The van der Waals surface area contributed by atoms with Crippen LogP contribution in [0.15, 0.2) is 18.2 Å². The largest absolute Gasteiger partial charge is 0.495 e. The fraction of sp³-hybridized carbons (Fsp3) is 0.250. The summed E-state index contributed by atoms with van der Waals surface area (Å²) in [5, 5.41) is 0.669. The van der Waals surface area contributed by atoms with Crippen LogP contribution in [0.25, 0.3) is 0 Å². The molecule has 0 spiro atoms. The standard InChI is InChI=1S/C8H9ClO.H3N/c1-6-3-4-8(10-2)7(9)5-6;/h3-5H,1-2H3;1H3. The first-order valence-electron chi connectivity index (χ1n) is 3.04. The van der Waals surface area contributed by atoms with E-state index in [1.165, 1.54) is 0 Å². The molecule has 3 N–H and O–H groups in total. The van der Waals surface area contributed by atoms with Gasteiger partial charge in [-0.25, -0.2) is 0 Å². The molecular weight excluding hydrogens is 162 g/mol. The topological polar surface area (TPSA) is 44.2 Å². The Morgan fingerprint density at radius 1 is 1.36 bits per heavy atom. The van der Waals surface area contributed by atoms with Crippen LogP contribution < -0.4 is 10.9 Å². The summed E-state index contributed by atoms with van der Waals surface area (Å²) in [7, 11) is 1.61. The van der Waals surface area contributed by atoms with E-state index in [-0.39, 0.29) is 6.15 Å². The average molecular weight is 174 g/mol. The van der Waals surface area contributed by atoms with Crippen molar-refractivity contribution >= 4 is 11.6 Å². The Kier molecular flexibility index (Phi) is 3.93. The van der Waals surface area contributed by atoms with E-state index in [2.05, 4.69) is 0 Å². The zero-order chi connectivity index (χ0) is 7.56. The smallest absolute Gasteiger partial charge is 0.137 e. The van der Waals surface area contributed by atoms with E-state index >= 15 is 0 Å². The lowest BCUT2D eigenvalue weighted by molar-refractivity contribution is 0.415. The van der Waals surface area contributed by atoms with Crippen molar-refractivity contribution in [2.24, 2.45) is 0 Å². The summed E-state index contributed by atoms with van der Waals surface area (Å²) in [5.41, 5.74) is 1.14. The van der Waals surface area contributed by atoms with Gasteiger partial charge in [0.15, 0.2) is 0 Å². The highest BCUT2D eigenvalue weighted by Gasteiger charge is 1.97. The second kappa shape index (κ2) is 4.21. The number of hydrogen-bond acceptors (Lipinski definition) is 2. The molecule has 0 heterocycles. The SMILES string of the molecule is COc1ccc(C)cc1Cl.N. The third-order valence-electron chi connectivity index (χ3n) is 1.31. The summed E-state index contributed by atoms with van der Waals surface area (Å²) < 4.78 is 4.97. The third kappa shape index (κ3) is 2.41. The number of benzene rings is 1. The first-order chi connectivity index (χ1) is 4.74. The van der Waals surface area contributed by atoms with Gasteiger partial charge in [0, 0.05) is 0 Å². The maximum Gasteiger partial charge on any atom is 0.137 e. The molecule has 0 radical (unpaired) electrons. The van der Waals surface area contributed by atoms with Gasteiger partial charge in [-0.3, -0.25) is 0 Å². The van der Waals surface area contributed by atoms with Gasteiger partial charge in [0.2, 0.25) is 0 Å². The van der Waals surface area contributed by atoms with Crippen LogP contribution in [-0.4, -0.2) is 7.11 Å². The number of aryl methyl sites for hydroxylation is 1. The van der Waals surface area contributed by atoms with Crippen molar-refractivity contribution in [3.63, 3.8) is 0 Å². The van der Waals surface area contributed by atoms with Crippen LogP contribution in [0.4, 0.5) is 0 Å². The monoisotopic (exact) mass is 173 g/mol. The van der Waals surface area contributed by atoms with Crippen molar-refractivity contribution in [3.8, 4) is 5.75 Å². The van der Waals surface area contributed by atoms with Crippen molar-refractivity contribution in [3.05, 3.63) is 28.8 Å². The molecule has 0 aliphatic heterocycles. The normalized spacial score (nSPS) is 8.64. The molecule has 1 aromatic rings. The number of ether oxygens (including phenoxy) is 1. The van der Waals surface area contributed by atoms with Gasteiger partial charge >= 0.3 is 0 Å². The maximum absolute atomic E-state index is 5.80. The Balaban J connectivity index is 0.000001000. The lowest BCUT2D eigenvalue weighted by Gasteiger charge is -2.01. The van der Waals surface area contributed by atoms with Gasteiger partial charge in [0.1, 0.15) is 5.75 Å². The van der Waals surface area contributed by atoms with Crippen LogP contribution in [0.5, 0.6) is 5.75 Å². The fourth-order valence-corrected chi connectivity index (χ4v) is 1.08. The molecule has 11 heavy (non-hydrogen) atoms. The molecule has 0 atom stereocenters. The lowest BCUT2D eigenvalue weighted by Crippen LogP contribution is -1.83. The molecule has 62 valence electrons. The van der Waals surface area contributed by atoms with Crippen LogP contribution in [0, 0.1) is 6.92 Å². The number of rotatable bonds is 1. The Labute approximate surface area is 71.7 Å². The lowest BCUT2D eigenvalue weighted by atomic mass is 10.2. The minimum absolute atomic E-state index is 0. The van der Waals surface area contributed by atoms with Crippen molar-refractivity contribution in [2.75, 3.05) is 7.11 Å². The molecular formula is C8H12ClNO. The molecule has 0 amide bonds. The first kappa shape index (κ1) is 10.3. The van der Waals surface area contributed by atoms with Gasteiger partial charge in [0.05, 0.1) is 12.1 Å². The molecule has 3 heteroatoms. The zero-order valence-electron chi connectivity index (χ0n) is 6.73. The molecule has 0 unspecified atom stereocenters. The molecule has 0 bridgehead atoms. The van der Waals surface area contributed by atoms with Gasteiger partial charge in [-0.1, -0.05) is 17.7 Å². The summed E-state index contributed by atoms with van der Waals surface area (Å²) in [4.78, 5) is 0. The summed E-state index contributed by atoms with van der Waals surface area (Å²) in [5.74, 6) is 0.729. The van der Waals surface area contributed by atoms with Crippen molar-refractivity contribution in [2.45, 2.75) is 6.92 Å².